The Morgan fingerprint density at radius 1 is 1.31 bits per heavy atom. The first-order valence-electron chi connectivity index (χ1n) is 5.94. The zero-order chi connectivity index (χ0) is 12.3. The molecule has 92 valence electrons. The minimum atomic E-state index is 0.166. The second-order valence-corrected chi connectivity index (χ2v) is 5.59. The molecule has 0 amide bonds. The van der Waals surface area contributed by atoms with E-state index in [0.717, 1.165) is 24.6 Å². The smallest absolute Gasteiger partial charge is 0.153 e. The summed E-state index contributed by atoms with van der Waals surface area (Å²) < 4.78 is 1.89. The average Bonchev–Trinajstić information content (AvgIpc) is 2.46. The lowest BCUT2D eigenvalue weighted by Gasteiger charge is -2.20. The molecule has 0 bridgehead atoms. The molecule has 1 rings (SSSR count). The zero-order valence-corrected chi connectivity index (χ0v) is 11.3. The van der Waals surface area contributed by atoms with E-state index < -0.39 is 0 Å². The summed E-state index contributed by atoms with van der Waals surface area (Å²) in [5.41, 5.74) is 0.166. The average molecular weight is 224 g/mol. The fourth-order valence-electron chi connectivity index (χ4n) is 1.45. The molecular formula is C12H24N4. The summed E-state index contributed by atoms with van der Waals surface area (Å²) in [7, 11) is 1.96. The first-order valence-corrected chi connectivity index (χ1v) is 5.94. The largest absolute Gasteiger partial charge is 0.312 e. The summed E-state index contributed by atoms with van der Waals surface area (Å²) in [4.78, 5) is 4.54. The molecule has 0 unspecified atom stereocenters. The normalized spacial score (nSPS) is 12.4. The highest BCUT2D eigenvalue weighted by molar-refractivity contribution is 4.97. The number of nitrogens with zero attached hydrogens (tertiary/aromatic N) is 3. The summed E-state index contributed by atoms with van der Waals surface area (Å²) in [6, 6.07) is 0. The lowest BCUT2D eigenvalue weighted by molar-refractivity contribution is 0.425. The molecule has 0 radical (unpaired) electrons. The first kappa shape index (κ1) is 13.2. The molecule has 0 saturated heterocycles. The highest BCUT2D eigenvalue weighted by atomic mass is 15.3. The maximum atomic E-state index is 4.54. The van der Waals surface area contributed by atoms with Gasteiger partial charge < -0.3 is 5.32 Å². The Morgan fingerprint density at radius 2 is 1.94 bits per heavy atom. The predicted octanol–water partition coefficient (Wildman–Crippen LogP) is 1.87. The van der Waals surface area contributed by atoms with Crippen LogP contribution in [0.3, 0.4) is 0 Å². The van der Waals surface area contributed by atoms with Gasteiger partial charge in [0.1, 0.15) is 5.82 Å². The maximum Gasteiger partial charge on any atom is 0.153 e. The first-order chi connectivity index (χ1) is 7.29. The van der Waals surface area contributed by atoms with Gasteiger partial charge >= 0.3 is 0 Å². The molecule has 0 aliphatic rings. The van der Waals surface area contributed by atoms with E-state index in [2.05, 4.69) is 50.0 Å². The van der Waals surface area contributed by atoms with Crippen molar-refractivity contribution in [3.63, 3.8) is 0 Å². The molecule has 0 spiro atoms. The van der Waals surface area contributed by atoms with E-state index >= 15 is 0 Å². The van der Waals surface area contributed by atoms with E-state index in [1.54, 1.807) is 0 Å². The van der Waals surface area contributed by atoms with Gasteiger partial charge in [-0.3, -0.25) is 4.68 Å². The van der Waals surface area contributed by atoms with Gasteiger partial charge in [0.2, 0.25) is 0 Å². The van der Waals surface area contributed by atoms with Gasteiger partial charge in [0.15, 0.2) is 5.82 Å². The molecule has 0 fully saturated rings. The van der Waals surface area contributed by atoms with Crippen molar-refractivity contribution in [3.05, 3.63) is 11.6 Å². The Bertz CT molecular complexity index is 333. The van der Waals surface area contributed by atoms with Crippen molar-refractivity contribution < 1.29 is 0 Å². The maximum absolute atomic E-state index is 4.54. The molecule has 0 aliphatic carbocycles. The van der Waals surface area contributed by atoms with Gasteiger partial charge in [0, 0.05) is 31.5 Å². The molecule has 4 nitrogen and oxygen atoms in total. The van der Waals surface area contributed by atoms with Gasteiger partial charge in [-0.1, -0.05) is 13.8 Å². The van der Waals surface area contributed by atoms with E-state index in [4.69, 9.17) is 0 Å². The SMILES string of the molecule is CC(C)c1nc(CCNC(C)(C)C)n(C)n1. The van der Waals surface area contributed by atoms with Crippen molar-refractivity contribution in [2.45, 2.75) is 52.5 Å². The third-order valence-electron chi connectivity index (χ3n) is 2.39. The molecular weight excluding hydrogens is 200 g/mol. The number of nitrogens with one attached hydrogen (secondary N) is 1. The van der Waals surface area contributed by atoms with Crippen LogP contribution in [0.15, 0.2) is 0 Å². The van der Waals surface area contributed by atoms with Crippen molar-refractivity contribution in [1.29, 1.82) is 0 Å². The second kappa shape index (κ2) is 4.95. The fraction of sp³-hybridized carbons (Fsp3) is 0.833. The van der Waals surface area contributed by atoms with Gasteiger partial charge in [0.05, 0.1) is 0 Å². The molecule has 0 aromatic carbocycles. The van der Waals surface area contributed by atoms with Crippen LogP contribution in [0.2, 0.25) is 0 Å². The molecule has 0 saturated carbocycles. The van der Waals surface area contributed by atoms with Crippen molar-refractivity contribution in [3.8, 4) is 0 Å². The minimum Gasteiger partial charge on any atom is -0.312 e. The van der Waals surface area contributed by atoms with Crippen molar-refractivity contribution in [2.24, 2.45) is 7.05 Å². The van der Waals surface area contributed by atoms with Crippen LogP contribution in [0, 0.1) is 0 Å². The summed E-state index contributed by atoms with van der Waals surface area (Å²) in [6.45, 7) is 11.7. The standard InChI is InChI=1S/C12H24N4/c1-9(2)11-14-10(16(6)15-11)7-8-13-12(3,4)5/h9,13H,7-8H2,1-6H3. The van der Waals surface area contributed by atoms with Gasteiger partial charge in [-0.25, -0.2) is 4.98 Å². The summed E-state index contributed by atoms with van der Waals surface area (Å²) in [5, 5.41) is 7.86. The number of rotatable bonds is 4. The lowest BCUT2D eigenvalue weighted by atomic mass is 10.1. The Hall–Kier alpha value is -0.900. The van der Waals surface area contributed by atoms with E-state index in [0.29, 0.717) is 5.92 Å². The summed E-state index contributed by atoms with van der Waals surface area (Å²) in [5.74, 6) is 2.39. The van der Waals surface area contributed by atoms with Gasteiger partial charge in [-0.15, -0.1) is 0 Å². The van der Waals surface area contributed by atoms with E-state index in [9.17, 15) is 0 Å². The monoisotopic (exact) mass is 224 g/mol. The number of hydrogen-bond donors (Lipinski definition) is 1. The summed E-state index contributed by atoms with van der Waals surface area (Å²) in [6.07, 6.45) is 0.924. The van der Waals surface area contributed by atoms with Gasteiger partial charge in [-0.05, 0) is 20.8 Å². The van der Waals surface area contributed by atoms with Crippen LogP contribution in [-0.2, 0) is 13.5 Å². The van der Waals surface area contributed by atoms with Crippen LogP contribution >= 0.6 is 0 Å². The predicted molar refractivity (Wildman–Crippen MR) is 66.6 cm³/mol. The number of aromatic nitrogens is 3. The quantitative estimate of drug-likeness (QED) is 0.849. The minimum absolute atomic E-state index is 0.166. The van der Waals surface area contributed by atoms with Crippen molar-refractivity contribution in [2.75, 3.05) is 6.54 Å². The Labute approximate surface area is 98.5 Å². The zero-order valence-electron chi connectivity index (χ0n) is 11.3. The molecule has 0 aliphatic heterocycles. The van der Waals surface area contributed by atoms with Crippen LogP contribution in [0.4, 0.5) is 0 Å². The van der Waals surface area contributed by atoms with E-state index in [-0.39, 0.29) is 5.54 Å². The van der Waals surface area contributed by atoms with Crippen LogP contribution in [0.5, 0.6) is 0 Å². The number of hydrogen-bond acceptors (Lipinski definition) is 3. The molecule has 0 atom stereocenters. The molecule has 1 N–H and O–H groups in total. The second-order valence-electron chi connectivity index (χ2n) is 5.59. The highest BCUT2D eigenvalue weighted by Crippen LogP contribution is 2.09. The molecule has 16 heavy (non-hydrogen) atoms. The van der Waals surface area contributed by atoms with Crippen LogP contribution in [-0.4, -0.2) is 26.8 Å². The third kappa shape index (κ3) is 3.93. The molecule has 4 heteroatoms. The van der Waals surface area contributed by atoms with E-state index in [1.165, 1.54) is 0 Å². The summed E-state index contributed by atoms with van der Waals surface area (Å²) >= 11 is 0. The Morgan fingerprint density at radius 3 is 2.38 bits per heavy atom. The van der Waals surface area contributed by atoms with Crippen LogP contribution in [0.1, 0.15) is 52.2 Å². The Kier molecular flexibility index (Phi) is 4.08. The Balaban J connectivity index is 2.54. The number of aryl methyl sites for hydroxylation is 1. The molecule has 1 aromatic heterocycles. The van der Waals surface area contributed by atoms with E-state index in [1.807, 2.05) is 11.7 Å². The van der Waals surface area contributed by atoms with Gasteiger partial charge in [-0.2, -0.15) is 5.10 Å². The van der Waals surface area contributed by atoms with Crippen molar-refractivity contribution in [1.82, 2.24) is 20.1 Å². The van der Waals surface area contributed by atoms with Crippen LogP contribution in [0.25, 0.3) is 0 Å². The van der Waals surface area contributed by atoms with Crippen molar-refractivity contribution >= 4 is 0 Å². The van der Waals surface area contributed by atoms with Gasteiger partial charge in [0.25, 0.3) is 0 Å². The topological polar surface area (TPSA) is 42.7 Å². The molecule has 1 aromatic rings. The highest BCUT2D eigenvalue weighted by Gasteiger charge is 2.12. The van der Waals surface area contributed by atoms with Crippen LogP contribution < -0.4 is 5.32 Å². The lowest BCUT2D eigenvalue weighted by Crippen LogP contribution is -2.37. The third-order valence-corrected chi connectivity index (χ3v) is 2.39. The molecule has 1 heterocycles. The fourth-order valence-corrected chi connectivity index (χ4v) is 1.45.